The van der Waals surface area contributed by atoms with Crippen LogP contribution in [0.4, 0.5) is 10.3 Å². The van der Waals surface area contributed by atoms with Gasteiger partial charge in [-0.2, -0.15) is 4.98 Å². The van der Waals surface area contributed by atoms with Gasteiger partial charge in [0.15, 0.2) is 0 Å². The molecule has 4 rings (SSSR count). The van der Waals surface area contributed by atoms with E-state index >= 15 is 0 Å². The monoisotopic (exact) mass is 404 g/mol. The van der Waals surface area contributed by atoms with Gasteiger partial charge in [0.1, 0.15) is 18.2 Å². The van der Waals surface area contributed by atoms with Gasteiger partial charge in [-0.15, -0.1) is 0 Å². The van der Waals surface area contributed by atoms with Crippen LogP contribution < -0.4 is 9.64 Å². The first kappa shape index (κ1) is 19.6. The normalized spacial score (nSPS) is 19.4. The lowest BCUT2D eigenvalue weighted by Gasteiger charge is -2.42. The second kappa shape index (κ2) is 8.36. The Morgan fingerprint density at radius 2 is 2.00 bits per heavy atom. The summed E-state index contributed by atoms with van der Waals surface area (Å²) >= 11 is 0. The summed E-state index contributed by atoms with van der Waals surface area (Å²) in [5, 5.41) is 3.99. The number of hydrogen-bond donors (Lipinski definition) is 0. The number of carbonyl (C=O) groups is 1. The van der Waals surface area contributed by atoms with E-state index in [1.54, 1.807) is 19.1 Å². The van der Waals surface area contributed by atoms with E-state index in [1.165, 1.54) is 12.1 Å². The van der Waals surface area contributed by atoms with Crippen LogP contribution >= 0.6 is 0 Å². The first-order valence-corrected chi connectivity index (χ1v) is 9.88. The van der Waals surface area contributed by atoms with Gasteiger partial charge < -0.3 is 23.8 Å². The number of hydrogen-bond acceptors (Lipinski definition) is 7. The Morgan fingerprint density at radius 3 is 2.69 bits per heavy atom. The molecule has 0 radical (unpaired) electrons. The van der Waals surface area contributed by atoms with Gasteiger partial charge in [0.25, 0.3) is 5.95 Å². The second-order valence-electron chi connectivity index (χ2n) is 7.50. The maximum Gasteiger partial charge on any atom is 0.266 e. The van der Waals surface area contributed by atoms with Gasteiger partial charge in [0.2, 0.25) is 11.8 Å². The van der Waals surface area contributed by atoms with Crippen LogP contribution in [0.15, 0.2) is 28.8 Å². The minimum Gasteiger partial charge on any atom is -0.492 e. The average Bonchev–Trinajstić information content (AvgIpc) is 3.09. The largest absolute Gasteiger partial charge is 0.492 e. The van der Waals surface area contributed by atoms with Crippen LogP contribution in [-0.2, 0) is 9.53 Å². The molecule has 0 bridgehead atoms. The van der Waals surface area contributed by atoms with Crippen LogP contribution in [0, 0.1) is 12.7 Å². The molecule has 0 aliphatic carbocycles. The fraction of sp³-hybridized carbons (Fsp3) is 0.550. The first-order valence-electron chi connectivity index (χ1n) is 9.88. The van der Waals surface area contributed by atoms with Gasteiger partial charge in [-0.1, -0.05) is 0 Å². The molecular weight excluding hydrogens is 379 g/mol. The molecule has 0 atom stereocenters. The highest BCUT2D eigenvalue weighted by Gasteiger charge is 2.41. The number of aryl methyl sites for hydroxylation is 1. The zero-order valence-corrected chi connectivity index (χ0v) is 16.5. The van der Waals surface area contributed by atoms with Crippen LogP contribution in [0.5, 0.6) is 5.75 Å². The summed E-state index contributed by atoms with van der Waals surface area (Å²) in [7, 11) is 0. The number of carbonyl (C=O) groups excluding carboxylic acids is 1. The van der Waals surface area contributed by atoms with E-state index < -0.39 is 0 Å². The molecule has 156 valence electrons. The van der Waals surface area contributed by atoms with Gasteiger partial charge >= 0.3 is 0 Å². The molecule has 3 heterocycles. The number of aromatic nitrogens is 2. The lowest BCUT2D eigenvalue weighted by molar-refractivity contribution is -0.131. The van der Waals surface area contributed by atoms with Crippen LogP contribution in [0.2, 0.25) is 0 Å². The summed E-state index contributed by atoms with van der Waals surface area (Å²) in [5.74, 6) is 1.50. The van der Waals surface area contributed by atoms with Crippen molar-refractivity contribution in [3.05, 3.63) is 36.0 Å². The minimum atomic E-state index is -0.364. The summed E-state index contributed by atoms with van der Waals surface area (Å²) in [6.45, 7) is 5.04. The number of piperidine rings is 1. The minimum absolute atomic E-state index is 0.0702. The molecule has 8 nitrogen and oxygen atoms in total. The number of ether oxygens (including phenoxy) is 2. The third-order valence-electron chi connectivity index (χ3n) is 5.47. The Labute approximate surface area is 168 Å². The predicted molar refractivity (Wildman–Crippen MR) is 102 cm³/mol. The van der Waals surface area contributed by atoms with Crippen molar-refractivity contribution in [3.63, 3.8) is 0 Å². The quantitative estimate of drug-likeness (QED) is 0.756. The van der Waals surface area contributed by atoms with Gasteiger partial charge in [-0.05, 0) is 42.3 Å². The third-order valence-corrected chi connectivity index (χ3v) is 5.47. The van der Waals surface area contributed by atoms with Crippen molar-refractivity contribution in [2.24, 2.45) is 0 Å². The molecule has 1 amide bonds. The van der Waals surface area contributed by atoms with E-state index in [4.69, 9.17) is 14.0 Å². The van der Waals surface area contributed by atoms with Crippen molar-refractivity contribution in [1.82, 2.24) is 15.0 Å². The lowest BCUT2D eigenvalue weighted by atomic mass is 9.90. The van der Waals surface area contributed by atoms with Crippen molar-refractivity contribution in [2.45, 2.75) is 31.8 Å². The van der Waals surface area contributed by atoms with Gasteiger partial charge in [0.05, 0.1) is 25.2 Å². The number of rotatable bonds is 5. The highest BCUT2D eigenvalue weighted by Crippen LogP contribution is 2.31. The molecule has 2 saturated heterocycles. The maximum atomic E-state index is 13.0. The Hall–Kier alpha value is -2.68. The summed E-state index contributed by atoms with van der Waals surface area (Å²) < 4.78 is 29.9. The fourth-order valence-electron chi connectivity index (χ4n) is 3.84. The summed E-state index contributed by atoms with van der Waals surface area (Å²) in [4.78, 5) is 20.7. The van der Waals surface area contributed by atoms with E-state index in [9.17, 15) is 9.18 Å². The Morgan fingerprint density at radius 1 is 1.24 bits per heavy atom. The molecule has 2 aliphatic rings. The third kappa shape index (κ3) is 4.67. The molecule has 0 saturated carbocycles. The van der Waals surface area contributed by atoms with Crippen LogP contribution in [-0.4, -0.2) is 65.9 Å². The number of nitrogens with zero attached hydrogens (tertiary/aromatic N) is 4. The summed E-state index contributed by atoms with van der Waals surface area (Å²) in [6, 6.07) is 5.88. The molecule has 1 aromatic heterocycles. The average molecular weight is 404 g/mol. The van der Waals surface area contributed by atoms with Crippen molar-refractivity contribution in [2.75, 3.05) is 44.3 Å². The highest BCUT2D eigenvalue weighted by molar-refractivity contribution is 5.76. The van der Waals surface area contributed by atoms with Crippen molar-refractivity contribution in [3.8, 4) is 5.75 Å². The molecule has 1 aromatic carbocycles. The van der Waals surface area contributed by atoms with Gasteiger partial charge in [-0.25, -0.2) is 4.39 Å². The molecular formula is C20H25FN4O4. The van der Waals surface area contributed by atoms with E-state index in [1.807, 2.05) is 4.90 Å². The van der Waals surface area contributed by atoms with E-state index in [-0.39, 0.29) is 17.3 Å². The van der Waals surface area contributed by atoms with Gasteiger partial charge in [0, 0.05) is 26.6 Å². The molecule has 9 heteroatoms. The van der Waals surface area contributed by atoms with E-state index in [2.05, 4.69) is 15.0 Å². The maximum absolute atomic E-state index is 13.0. The number of halogens is 1. The smallest absolute Gasteiger partial charge is 0.266 e. The van der Waals surface area contributed by atoms with E-state index in [0.717, 1.165) is 25.9 Å². The van der Waals surface area contributed by atoms with Gasteiger partial charge in [-0.3, -0.25) is 4.79 Å². The lowest BCUT2D eigenvalue weighted by Crippen LogP contribution is -2.52. The zero-order valence-electron chi connectivity index (χ0n) is 16.5. The van der Waals surface area contributed by atoms with Crippen LogP contribution in [0.25, 0.3) is 0 Å². The van der Waals surface area contributed by atoms with Crippen molar-refractivity contribution in [1.29, 1.82) is 0 Å². The van der Waals surface area contributed by atoms with E-state index in [0.29, 0.717) is 50.3 Å². The van der Waals surface area contributed by atoms with Crippen molar-refractivity contribution < 1.29 is 23.2 Å². The van der Waals surface area contributed by atoms with Crippen LogP contribution in [0.1, 0.15) is 25.2 Å². The first-order chi connectivity index (χ1) is 14.0. The topological polar surface area (TPSA) is 80.9 Å². The Bertz CT molecular complexity index is 833. The number of amides is 1. The molecule has 0 N–H and O–H groups in total. The Balaban J connectivity index is 1.34. The molecule has 29 heavy (non-hydrogen) atoms. The summed E-state index contributed by atoms with van der Waals surface area (Å²) in [6.07, 6.45) is 1.93. The Kier molecular flexibility index (Phi) is 5.66. The standard InChI is InChI=1S/C20H25FN4O4/c1-15-22-19(23-29-15)24-9-7-20(8-10-24)14-25(18(26)6-12-28-20)11-13-27-17-4-2-16(21)3-5-17/h2-5H,6-14H2,1H3. The fourth-order valence-corrected chi connectivity index (χ4v) is 3.84. The molecule has 0 unspecified atom stereocenters. The molecule has 2 fully saturated rings. The van der Waals surface area contributed by atoms with Crippen LogP contribution in [0.3, 0.4) is 0 Å². The summed E-state index contributed by atoms with van der Waals surface area (Å²) in [5.41, 5.74) is -0.364. The molecule has 1 spiro atoms. The second-order valence-corrected chi connectivity index (χ2v) is 7.50. The SMILES string of the molecule is Cc1nc(N2CCC3(CC2)CN(CCOc2ccc(F)cc2)C(=O)CCO3)no1. The van der Waals surface area contributed by atoms with Crippen molar-refractivity contribution >= 4 is 11.9 Å². The highest BCUT2D eigenvalue weighted by atomic mass is 19.1. The number of anilines is 1. The molecule has 2 aliphatic heterocycles. The molecule has 2 aromatic rings. The number of benzene rings is 1. The zero-order chi connectivity index (χ0) is 20.3. The predicted octanol–water partition coefficient (Wildman–Crippen LogP) is 2.18.